The van der Waals surface area contributed by atoms with Crippen LogP contribution in [0, 0.1) is 11.6 Å². The molecule has 1 heterocycles. The summed E-state index contributed by atoms with van der Waals surface area (Å²) < 4.78 is 30.3. The van der Waals surface area contributed by atoms with Gasteiger partial charge in [0.1, 0.15) is 11.6 Å². The lowest BCUT2D eigenvalue weighted by Gasteiger charge is -1.97. The highest BCUT2D eigenvalue weighted by Gasteiger charge is 2.16. The maximum Gasteiger partial charge on any atom is 0.242 e. The Morgan fingerprint density at radius 2 is 2.12 bits per heavy atom. The van der Waals surface area contributed by atoms with Crippen molar-refractivity contribution in [2.24, 2.45) is 4.99 Å². The first-order chi connectivity index (χ1) is 7.72. The molecule has 0 saturated heterocycles. The van der Waals surface area contributed by atoms with Gasteiger partial charge in [-0.15, -0.1) is 4.99 Å². The molecule has 0 unspecified atom stereocenters. The Balaban J connectivity index is 2.58. The molecule has 0 atom stereocenters. The summed E-state index contributed by atoms with van der Waals surface area (Å²) in [6.07, 6.45) is 1.23. The summed E-state index contributed by atoms with van der Waals surface area (Å²) in [6, 6.07) is 2.87. The molecule has 80 valence electrons. The van der Waals surface area contributed by atoms with E-state index in [1.54, 1.807) is 0 Å². The van der Waals surface area contributed by atoms with Gasteiger partial charge in [-0.05, 0) is 22.4 Å². The second-order valence-electron chi connectivity index (χ2n) is 2.76. The number of hydrogen-bond acceptors (Lipinski definition) is 5. The SMILES string of the molecule is O=C=Nc1nonc1-c1ccc(F)cc1F. The number of hydrogen-bond donors (Lipinski definition) is 0. The Morgan fingerprint density at radius 1 is 1.31 bits per heavy atom. The summed E-state index contributed by atoms with van der Waals surface area (Å²) in [6.45, 7) is 0. The molecule has 1 aromatic heterocycles. The van der Waals surface area contributed by atoms with Gasteiger partial charge < -0.3 is 0 Å². The van der Waals surface area contributed by atoms with Gasteiger partial charge in [-0.3, -0.25) is 0 Å². The molecule has 7 heteroatoms. The fraction of sp³-hybridized carbons (Fsp3) is 0. The van der Waals surface area contributed by atoms with Gasteiger partial charge in [0.15, 0.2) is 5.69 Å². The van der Waals surface area contributed by atoms with Crippen molar-refractivity contribution < 1.29 is 18.2 Å². The number of aromatic nitrogens is 2. The quantitative estimate of drug-likeness (QED) is 0.576. The maximum absolute atomic E-state index is 13.3. The summed E-state index contributed by atoms with van der Waals surface area (Å²) in [5, 5.41) is 6.64. The van der Waals surface area contributed by atoms with Crippen LogP contribution in [-0.4, -0.2) is 16.4 Å². The minimum Gasteiger partial charge on any atom is -0.242 e. The molecule has 16 heavy (non-hydrogen) atoms. The number of isocyanates is 1. The molecule has 5 nitrogen and oxygen atoms in total. The molecular formula is C9H3F2N3O2. The summed E-state index contributed by atoms with van der Waals surface area (Å²) >= 11 is 0. The lowest BCUT2D eigenvalue weighted by Crippen LogP contribution is -1.86. The van der Waals surface area contributed by atoms with Gasteiger partial charge in [0.2, 0.25) is 11.9 Å². The summed E-state index contributed by atoms with van der Waals surface area (Å²) in [5.41, 5.74) is -0.141. The van der Waals surface area contributed by atoms with E-state index >= 15 is 0 Å². The molecule has 0 saturated carbocycles. The third kappa shape index (κ3) is 1.71. The zero-order valence-electron chi connectivity index (χ0n) is 7.65. The Hall–Kier alpha value is -2.40. The second kappa shape index (κ2) is 4.00. The summed E-state index contributed by atoms with van der Waals surface area (Å²) in [5.74, 6) is -1.78. The van der Waals surface area contributed by atoms with Gasteiger partial charge in [0.25, 0.3) is 0 Å². The standard InChI is InChI=1S/C9H3F2N3O2/c10-5-1-2-6(7(11)3-5)8-9(12-4-15)14-16-13-8/h1-3H. The number of benzene rings is 1. The molecular weight excluding hydrogens is 220 g/mol. The lowest BCUT2D eigenvalue weighted by molar-refractivity contribution is 0.309. The summed E-state index contributed by atoms with van der Waals surface area (Å²) in [4.78, 5) is 13.2. The van der Waals surface area contributed by atoms with Crippen molar-refractivity contribution in [2.75, 3.05) is 0 Å². The minimum atomic E-state index is -0.849. The van der Waals surface area contributed by atoms with Crippen molar-refractivity contribution in [3.05, 3.63) is 29.8 Å². The fourth-order valence-corrected chi connectivity index (χ4v) is 1.15. The van der Waals surface area contributed by atoms with Crippen LogP contribution in [0.15, 0.2) is 27.8 Å². The molecule has 0 amide bonds. The average molecular weight is 223 g/mol. The summed E-state index contributed by atoms with van der Waals surface area (Å²) in [7, 11) is 0. The van der Waals surface area contributed by atoms with Gasteiger partial charge in [-0.1, -0.05) is 0 Å². The normalized spacial score (nSPS) is 9.88. The molecule has 0 aliphatic heterocycles. The Labute approximate surface area is 87.4 Å². The van der Waals surface area contributed by atoms with E-state index < -0.39 is 11.6 Å². The van der Waals surface area contributed by atoms with Crippen molar-refractivity contribution >= 4 is 11.9 Å². The van der Waals surface area contributed by atoms with E-state index in [2.05, 4.69) is 19.9 Å². The zero-order valence-corrected chi connectivity index (χ0v) is 7.65. The van der Waals surface area contributed by atoms with Crippen molar-refractivity contribution in [1.82, 2.24) is 10.3 Å². The van der Waals surface area contributed by atoms with Crippen LogP contribution in [0.2, 0.25) is 0 Å². The van der Waals surface area contributed by atoms with Crippen LogP contribution >= 0.6 is 0 Å². The van der Waals surface area contributed by atoms with Gasteiger partial charge in [0.05, 0.1) is 0 Å². The molecule has 0 aliphatic rings. The largest absolute Gasteiger partial charge is 0.242 e. The molecule has 2 rings (SSSR count). The number of nitrogens with zero attached hydrogens (tertiary/aromatic N) is 3. The maximum atomic E-state index is 13.3. The van der Waals surface area contributed by atoms with E-state index in [4.69, 9.17) is 0 Å². The third-order valence-electron chi connectivity index (χ3n) is 1.81. The van der Waals surface area contributed by atoms with E-state index in [-0.39, 0.29) is 17.1 Å². The molecule has 0 aliphatic carbocycles. The monoisotopic (exact) mass is 223 g/mol. The highest BCUT2D eigenvalue weighted by Crippen LogP contribution is 2.28. The van der Waals surface area contributed by atoms with Crippen LogP contribution in [0.3, 0.4) is 0 Å². The number of aliphatic imine (C=N–C) groups is 1. The average Bonchev–Trinajstić information content (AvgIpc) is 2.67. The van der Waals surface area contributed by atoms with Gasteiger partial charge in [0, 0.05) is 11.6 Å². The lowest BCUT2D eigenvalue weighted by atomic mass is 10.1. The molecule has 0 fully saturated rings. The predicted molar refractivity (Wildman–Crippen MR) is 47.4 cm³/mol. The van der Waals surface area contributed by atoms with E-state index in [1.807, 2.05) is 0 Å². The van der Waals surface area contributed by atoms with Crippen molar-refractivity contribution in [1.29, 1.82) is 0 Å². The van der Waals surface area contributed by atoms with E-state index in [0.717, 1.165) is 12.1 Å². The van der Waals surface area contributed by atoms with Crippen LogP contribution in [-0.2, 0) is 4.79 Å². The first-order valence-electron chi connectivity index (χ1n) is 4.08. The van der Waals surface area contributed by atoms with E-state index in [1.165, 1.54) is 6.08 Å². The number of rotatable bonds is 2. The zero-order chi connectivity index (χ0) is 11.5. The van der Waals surface area contributed by atoms with Gasteiger partial charge in [-0.25, -0.2) is 18.2 Å². The van der Waals surface area contributed by atoms with E-state index in [9.17, 15) is 13.6 Å². The van der Waals surface area contributed by atoms with Crippen LogP contribution in [0.4, 0.5) is 14.6 Å². The second-order valence-corrected chi connectivity index (χ2v) is 2.76. The molecule has 1 aromatic carbocycles. The van der Waals surface area contributed by atoms with Gasteiger partial charge in [-0.2, -0.15) is 0 Å². The first kappa shape index (κ1) is 10.1. The van der Waals surface area contributed by atoms with Crippen LogP contribution in [0.5, 0.6) is 0 Å². The smallest absolute Gasteiger partial charge is 0.242 e. The first-order valence-corrected chi connectivity index (χ1v) is 4.08. The fourth-order valence-electron chi connectivity index (χ4n) is 1.15. The molecule has 0 radical (unpaired) electrons. The van der Waals surface area contributed by atoms with Crippen molar-refractivity contribution in [3.63, 3.8) is 0 Å². The number of carbonyl (C=O) groups excluding carboxylic acids is 1. The number of halogens is 2. The predicted octanol–water partition coefficient (Wildman–Crippen LogP) is 1.98. The molecule has 2 aromatic rings. The molecule has 0 bridgehead atoms. The minimum absolute atomic E-state index is 0.0587. The Kier molecular flexibility index (Phi) is 2.53. The highest BCUT2D eigenvalue weighted by atomic mass is 19.1. The van der Waals surface area contributed by atoms with Crippen molar-refractivity contribution in [2.45, 2.75) is 0 Å². The van der Waals surface area contributed by atoms with Gasteiger partial charge >= 0.3 is 0 Å². The topological polar surface area (TPSA) is 68.3 Å². The highest BCUT2D eigenvalue weighted by molar-refractivity contribution is 5.70. The Morgan fingerprint density at radius 3 is 2.81 bits per heavy atom. The van der Waals surface area contributed by atoms with Crippen LogP contribution in [0.25, 0.3) is 11.3 Å². The van der Waals surface area contributed by atoms with Crippen molar-refractivity contribution in [3.8, 4) is 11.3 Å². The third-order valence-corrected chi connectivity index (χ3v) is 1.81. The van der Waals surface area contributed by atoms with E-state index in [0.29, 0.717) is 6.07 Å². The van der Waals surface area contributed by atoms with Crippen LogP contribution < -0.4 is 0 Å². The van der Waals surface area contributed by atoms with Crippen LogP contribution in [0.1, 0.15) is 0 Å². The molecule has 0 N–H and O–H groups in total. The molecule has 0 spiro atoms. The Bertz CT molecular complexity index is 576.